The first-order valence-corrected chi connectivity index (χ1v) is 14.0. The Morgan fingerprint density at radius 2 is 1.92 bits per heavy atom. The number of halogens is 1. The SMILES string of the molecule is C=CCOc1ccccc1/C=c1/sc2n(c1=O)[C@H](c1cc(OC)c(OCC)cc1Br)C(C(=O)OCC)=C(C)N=2. The fraction of sp³-hybridized carbons (Fsp3) is 0.276. The van der Waals surface area contributed by atoms with Crippen LogP contribution in [0.3, 0.4) is 0 Å². The van der Waals surface area contributed by atoms with E-state index in [9.17, 15) is 9.59 Å². The van der Waals surface area contributed by atoms with Gasteiger partial charge in [0.1, 0.15) is 12.4 Å². The van der Waals surface area contributed by atoms with Crippen LogP contribution in [0.25, 0.3) is 6.08 Å². The second-order valence-corrected chi connectivity index (χ2v) is 10.3. The summed E-state index contributed by atoms with van der Waals surface area (Å²) in [5.74, 6) is 1.10. The number of fused-ring (bicyclic) bond motifs is 1. The molecule has 0 saturated carbocycles. The maximum Gasteiger partial charge on any atom is 0.338 e. The van der Waals surface area contributed by atoms with Crippen LogP contribution in [0.15, 0.2) is 74.6 Å². The van der Waals surface area contributed by atoms with Crippen LogP contribution in [-0.4, -0.2) is 37.5 Å². The summed E-state index contributed by atoms with van der Waals surface area (Å²) in [7, 11) is 1.54. The first-order chi connectivity index (χ1) is 18.8. The number of para-hydroxylation sites is 1. The van der Waals surface area contributed by atoms with Crippen molar-refractivity contribution in [3.8, 4) is 17.2 Å². The Bertz CT molecular complexity index is 1620. The topological polar surface area (TPSA) is 88.3 Å². The molecule has 3 aromatic rings. The second kappa shape index (κ2) is 12.5. The fourth-order valence-electron chi connectivity index (χ4n) is 4.30. The number of hydrogen-bond donors (Lipinski definition) is 0. The van der Waals surface area contributed by atoms with Crippen LogP contribution in [0.2, 0.25) is 0 Å². The molecule has 0 radical (unpaired) electrons. The van der Waals surface area contributed by atoms with Crippen molar-refractivity contribution in [2.24, 2.45) is 4.99 Å². The van der Waals surface area contributed by atoms with E-state index in [-0.39, 0.29) is 17.7 Å². The molecule has 2 heterocycles. The second-order valence-electron chi connectivity index (χ2n) is 8.40. The van der Waals surface area contributed by atoms with Gasteiger partial charge in [0.15, 0.2) is 16.3 Å². The maximum atomic E-state index is 14.0. The lowest BCUT2D eigenvalue weighted by Gasteiger charge is -2.26. The lowest BCUT2D eigenvalue weighted by molar-refractivity contribution is -0.139. The number of hydrogen-bond acceptors (Lipinski definition) is 8. The van der Waals surface area contributed by atoms with Gasteiger partial charge in [-0.2, -0.15) is 0 Å². The summed E-state index contributed by atoms with van der Waals surface area (Å²) in [4.78, 5) is 32.3. The van der Waals surface area contributed by atoms with Crippen LogP contribution < -0.4 is 29.1 Å². The zero-order valence-electron chi connectivity index (χ0n) is 22.2. The van der Waals surface area contributed by atoms with Crippen LogP contribution in [0.5, 0.6) is 17.2 Å². The molecule has 0 saturated heterocycles. The minimum absolute atomic E-state index is 0.183. The van der Waals surface area contributed by atoms with E-state index >= 15 is 0 Å². The van der Waals surface area contributed by atoms with Gasteiger partial charge in [-0.3, -0.25) is 9.36 Å². The molecule has 0 bridgehead atoms. The molecule has 0 N–H and O–H groups in total. The molecule has 39 heavy (non-hydrogen) atoms. The molecule has 10 heteroatoms. The first-order valence-electron chi connectivity index (χ1n) is 12.4. The van der Waals surface area contributed by atoms with Gasteiger partial charge < -0.3 is 18.9 Å². The van der Waals surface area contributed by atoms with Crippen LogP contribution in [0.1, 0.15) is 37.9 Å². The van der Waals surface area contributed by atoms with E-state index in [2.05, 4.69) is 27.5 Å². The van der Waals surface area contributed by atoms with E-state index in [4.69, 9.17) is 18.9 Å². The molecular weight excluding hydrogens is 584 g/mol. The number of benzene rings is 2. The highest BCUT2D eigenvalue weighted by Gasteiger charge is 2.35. The van der Waals surface area contributed by atoms with Crippen molar-refractivity contribution in [1.82, 2.24) is 4.57 Å². The van der Waals surface area contributed by atoms with Crippen molar-refractivity contribution < 1.29 is 23.7 Å². The number of nitrogens with zero attached hydrogens (tertiary/aromatic N) is 2. The van der Waals surface area contributed by atoms with E-state index in [1.165, 1.54) is 15.9 Å². The smallest absolute Gasteiger partial charge is 0.338 e. The van der Waals surface area contributed by atoms with E-state index in [0.717, 1.165) is 5.56 Å². The number of carbonyl (C=O) groups is 1. The molecule has 0 unspecified atom stereocenters. The molecule has 1 atom stereocenters. The summed E-state index contributed by atoms with van der Waals surface area (Å²) in [6.07, 6.45) is 3.43. The zero-order valence-corrected chi connectivity index (χ0v) is 24.6. The number of rotatable bonds is 10. The third kappa shape index (κ3) is 5.72. The predicted octanol–water partition coefficient (Wildman–Crippen LogP) is 4.53. The summed E-state index contributed by atoms with van der Waals surface area (Å²) < 4.78 is 25.1. The van der Waals surface area contributed by atoms with Gasteiger partial charge >= 0.3 is 5.97 Å². The monoisotopic (exact) mass is 612 g/mol. The Kier molecular flexibility index (Phi) is 9.08. The third-order valence-corrected chi connectivity index (χ3v) is 7.63. The van der Waals surface area contributed by atoms with Crippen LogP contribution in [0.4, 0.5) is 0 Å². The van der Waals surface area contributed by atoms with E-state index in [0.29, 0.717) is 55.5 Å². The fourth-order valence-corrected chi connectivity index (χ4v) is 5.87. The van der Waals surface area contributed by atoms with E-state index in [1.807, 2.05) is 31.2 Å². The Labute approximate surface area is 238 Å². The zero-order chi connectivity index (χ0) is 28.1. The lowest BCUT2D eigenvalue weighted by Crippen LogP contribution is -2.40. The van der Waals surface area contributed by atoms with Gasteiger partial charge in [-0.15, -0.1) is 0 Å². The molecule has 0 spiro atoms. The standard InChI is InChI=1S/C29H29BrN2O6S/c1-6-13-38-21-12-10-9-11-18(21)14-24-27(33)32-26(19-15-22(35-5)23(36-7-2)16-20(19)30)25(28(34)37-8-3)17(4)31-29(32)39-24/h6,9-12,14-16,26H,1,7-8,13H2,2-5H3/b24-14+/t26-/m1/s1. The number of methoxy groups -OCH3 is 1. The van der Waals surface area contributed by atoms with Crippen molar-refractivity contribution in [3.05, 3.63) is 95.6 Å². The third-order valence-electron chi connectivity index (χ3n) is 5.96. The molecular formula is C29H29BrN2O6S. The molecule has 0 fully saturated rings. The Morgan fingerprint density at radius 3 is 2.62 bits per heavy atom. The average Bonchev–Trinajstić information content (AvgIpc) is 3.22. The molecule has 204 valence electrons. The molecule has 1 aromatic heterocycles. The van der Waals surface area contributed by atoms with Crippen LogP contribution >= 0.6 is 27.3 Å². The van der Waals surface area contributed by atoms with Gasteiger partial charge in [-0.1, -0.05) is 58.1 Å². The molecule has 4 rings (SSSR count). The highest BCUT2D eigenvalue weighted by atomic mass is 79.9. The lowest BCUT2D eigenvalue weighted by atomic mass is 9.95. The highest BCUT2D eigenvalue weighted by molar-refractivity contribution is 9.10. The van der Waals surface area contributed by atoms with Gasteiger partial charge in [-0.05, 0) is 50.6 Å². The Balaban J connectivity index is 1.98. The van der Waals surface area contributed by atoms with Gasteiger partial charge in [0, 0.05) is 10.0 Å². The maximum absolute atomic E-state index is 14.0. The number of allylic oxidation sites excluding steroid dienone is 1. The average molecular weight is 614 g/mol. The quantitative estimate of drug-likeness (QED) is 0.247. The molecule has 2 aromatic carbocycles. The van der Waals surface area contributed by atoms with Gasteiger partial charge in [0.25, 0.3) is 5.56 Å². The first kappa shape index (κ1) is 28.4. The Hall–Kier alpha value is -3.63. The minimum atomic E-state index is -0.811. The van der Waals surface area contributed by atoms with Crippen LogP contribution in [0, 0.1) is 0 Å². The van der Waals surface area contributed by atoms with Gasteiger partial charge in [0.2, 0.25) is 0 Å². The molecule has 1 aliphatic rings. The summed E-state index contributed by atoms with van der Waals surface area (Å²) in [6, 6.07) is 10.2. The Morgan fingerprint density at radius 1 is 1.15 bits per heavy atom. The minimum Gasteiger partial charge on any atom is -0.493 e. The van der Waals surface area contributed by atoms with E-state index in [1.54, 1.807) is 45.2 Å². The van der Waals surface area contributed by atoms with Crippen molar-refractivity contribution in [1.29, 1.82) is 0 Å². The van der Waals surface area contributed by atoms with Crippen molar-refractivity contribution in [2.75, 3.05) is 26.9 Å². The summed E-state index contributed by atoms with van der Waals surface area (Å²) in [5.41, 5.74) is 1.83. The van der Waals surface area contributed by atoms with Crippen molar-refractivity contribution >= 4 is 39.3 Å². The molecule has 0 amide bonds. The normalized spacial score (nSPS) is 14.9. The van der Waals surface area contributed by atoms with Gasteiger partial charge in [0.05, 0.1) is 42.2 Å². The number of ether oxygens (including phenoxy) is 4. The summed E-state index contributed by atoms with van der Waals surface area (Å²) in [6.45, 7) is 10.0. The molecule has 1 aliphatic heterocycles. The van der Waals surface area contributed by atoms with Crippen molar-refractivity contribution in [2.45, 2.75) is 26.8 Å². The largest absolute Gasteiger partial charge is 0.493 e. The number of esters is 1. The molecule has 0 aliphatic carbocycles. The van der Waals surface area contributed by atoms with E-state index < -0.39 is 12.0 Å². The van der Waals surface area contributed by atoms with Crippen molar-refractivity contribution in [3.63, 3.8) is 0 Å². The summed E-state index contributed by atoms with van der Waals surface area (Å²) in [5, 5.41) is 0. The van der Waals surface area contributed by atoms with Gasteiger partial charge in [-0.25, -0.2) is 9.79 Å². The van der Waals surface area contributed by atoms with Crippen LogP contribution in [-0.2, 0) is 9.53 Å². The summed E-state index contributed by atoms with van der Waals surface area (Å²) >= 11 is 4.88. The number of thiazole rings is 1. The molecule has 8 nitrogen and oxygen atoms in total. The number of aromatic nitrogens is 1. The number of carbonyl (C=O) groups excluding carboxylic acids is 1. The highest BCUT2D eigenvalue weighted by Crippen LogP contribution is 2.41. The predicted molar refractivity (Wildman–Crippen MR) is 154 cm³/mol.